The molecule has 1 aliphatic heterocycles. The third-order valence-electron chi connectivity index (χ3n) is 7.57. The Labute approximate surface area is 135 Å². The molecule has 22 heavy (non-hydrogen) atoms. The molecule has 0 aromatic rings. The fraction of sp³-hybridized carbons (Fsp3) is 0.850. The van der Waals surface area contributed by atoms with Crippen molar-refractivity contribution in [2.45, 2.75) is 84.3 Å². The second-order valence-electron chi connectivity index (χ2n) is 9.26. The molecule has 0 amide bonds. The maximum absolute atomic E-state index is 12.5. The van der Waals surface area contributed by atoms with Crippen LogP contribution in [0.25, 0.3) is 0 Å². The highest BCUT2D eigenvalue weighted by Gasteiger charge is 2.62. The Bertz CT molecular complexity index is 508. The van der Waals surface area contributed by atoms with Crippen molar-refractivity contribution in [1.29, 1.82) is 0 Å². The van der Waals surface area contributed by atoms with Gasteiger partial charge in [-0.05, 0) is 63.2 Å². The molecule has 3 fully saturated rings. The minimum Gasteiger partial charge on any atom is -0.365 e. The van der Waals surface area contributed by atoms with Crippen LogP contribution in [-0.4, -0.2) is 17.0 Å². The molecule has 0 aromatic heterocycles. The molecule has 2 saturated carbocycles. The molecule has 3 aliphatic rings. The lowest BCUT2D eigenvalue weighted by Crippen LogP contribution is -2.63. The Morgan fingerprint density at radius 3 is 2.32 bits per heavy atom. The summed E-state index contributed by atoms with van der Waals surface area (Å²) in [6.07, 6.45) is 8.17. The van der Waals surface area contributed by atoms with E-state index in [-0.39, 0.29) is 22.0 Å². The molecule has 0 aromatic carbocycles. The molecule has 0 spiro atoms. The minimum atomic E-state index is -0.186. The number of ether oxygens (including phenoxy) is 1. The average molecular weight is 304 g/mol. The van der Waals surface area contributed by atoms with Crippen molar-refractivity contribution in [3.8, 4) is 0 Å². The Kier molecular flexibility index (Phi) is 3.46. The summed E-state index contributed by atoms with van der Waals surface area (Å²) in [5.74, 6) is 1.52. The smallest absolute Gasteiger partial charge is 0.138 e. The number of carbonyl (C=O) groups excluding carboxylic acids is 1. The summed E-state index contributed by atoms with van der Waals surface area (Å²) in [5.41, 5.74) is -0.197. The molecule has 2 nitrogen and oxygen atoms in total. The highest BCUT2D eigenvalue weighted by molar-refractivity contribution is 5.85. The van der Waals surface area contributed by atoms with E-state index in [1.807, 2.05) is 6.08 Å². The number of hydrogen-bond acceptors (Lipinski definition) is 2. The molecular weight excluding hydrogens is 272 g/mol. The van der Waals surface area contributed by atoms with Crippen molar-refractivity contribution in [3.63, 3.8) is 0 Å². The highest BCUT2D eigenvalue weighted by Crippen LogP contribution is 2.64. The van der Waals surface area contributed by atoms with Gasteiger partial charge in [0.1, 0.15) is 5.78 Å². The number of Topliss-reactive ketones (excluding diaryl/α,β-unsaturated/α-hetero) is 1. The normalized spacial score (nSPS) is 50.9. The van der Waals surface area contributed by atoms with Gasteiger partial charge in [-0.25, -0.2) is 0 Å². The van der Waals surface area contributed by atoms with E-state index in [0.29, 0.717) is 17.6 Å². The first-order valence-electron chi connectivity index (χ1n) is 8.94. The van der Waals surface area contributed by atoms with E-state index < -0.39 is 0 Å². The molecule has 0 N–H and O–H groups in total. The van der Waals surface area contributed by atoms with Crippen LogP contribution in [0.2, 0.25) is 0 Å². The lowest BCUT2D eigenvalue weighted by atomic mass is 9.44. The largest absolute Gasteiger partial charge is 0.365 e. The first-order chi connectivity index (χ1) is 10.1. The summed E-state index contributed by atoms with van der Waals surface area (Å²) < 4.78 is 6.62. The molecule has 0 bridgehead atoms. The summed E-state index contributed by atoms with van der Waals surface area (Å²) in [4.78, 5) is 12.5. The van der Waals surface area contributed by atoms with Gasteiger partial charge < -0.3 is 4.74 Å². The maximum atomic E-state index is 12.5. The number of hydrogen-bond donors (Lipinski definition) is 0. The second kappa shape index (κ2) is 4.69. The van der Waals surface area contributed by atoms with Gasteiger partial charge in [-0.3, -0.25) is 4.79 Å². The van der Waals surface area contributed by atoms with Gasteiger partial charge in [0.15, 0.2) is 0 Å². The molecule has 5 atom stereocenters. The van der Waals surface area contributed by atoms with Crippen LogP contribution in [-0.2, 0) is 9.53 Å². The van der Waals surface area contributed by atoms with Crippen molar-refractivity contribution in [1.82, 2.24) is 0 Å². The van der Waals surface area contributed by atoms with Gasteiger partial charge in [-0.15, -0.1) is 6.58 Å². The SMILES string of the molecule is C=C[C@@]1(C)CC[C@H]2[C@@]3(C)CCC(=O)C(C)(C)[C@H]3CC[C@]2(C)O1. The zero-order valence-corrected chi connectivity index (χ0v) is 15.0. The summed E-state index contributed by atoms with van der Waals surface area (Å²) in [5, 5.41) is 0. The standard InChI is InChI=1S/C20H32O2/c1-7-18(4)11-8-15-19(5)12-10-16(21)17(2,3)14(19)9-13-20(15,6)22-18/h7,14-15H,1,8-13H2,2-6H3/t14-,15+,18+,19+,20+/m1/s1. The summed E-state index contributed by atoms with van der Waals surface area (Å²) in [6.45, 7) is 15.3. The van der Waals surface area contributed by atoms with Crippen molar-refractivity contribution >= 4 is 5.78 Å². The average Bonchev–Trinajstić information content (AvgIpc) is 2.42. The van der Waals surface area contributed by atoms with Gasteiger partial charge in [-0.1, -0.05) is 26.8 Å². The van der Waals surface area contributed by atoms with E-state index in [2.05, 4.69) is 41.2 Å². The van der Waals surface area contributed by atoms with E-state index in [9.17, 15) is 4.79 Å². The van der Waals surface area contributed by atoms with E-state index in [1.54, 1.807) is 0 Å². The molecule has 2 heteroatoms. The fourth-order valence-electron chi connectivity index (χ4n) is 6.22. The zero-order chi connectivity index (χ0) is 16.4. The first-order valence-corrected chi connectivity index (χ1v) is 8.94. The predicted octanol–water partition coefficient (Wildman–Crippen LogP) is 4.92. The topological polar surface area (TPSA) is 26.3 Å². The molecule has 1 saturated heterocycles. The second-order valence-corrected chi connectivity index (χ2v) is 9.26. The molecule has 1 heterocycles. The Morgan fingerprint density at radius 1 is 1.05 bits per heavy atom. The van der Waals surface area contributed by atoms with Gasteiger partial charge in [0.2, 0.25) is 0 Å². The van der Waals surface area contributed by atoms with Gasteiger partial charge in [0.25, 0.3) is 0 Å². The van der Waals surface area contributed by atoms with Crippen LogP contribution in [0.5, 0.6) is 0 Å². The molecule has 124 valence electrons. The quantitative estimate of drug-likeness (QED) is 0.643. The lowest BCUT2D eigenvalue weighted by Gasteiger charge is -2.64. The molecule has 3 rings (SSSR count). The highest BCUT2D eigenvalue weighted by atomic mass is 16.5. The van der Waals surface area contributed by atoms with Crippen LogP contribution in [0, 0.1) is 22.7 Å². The maximum Gasteiger partial charge on any atom is 0.138 e. The summed E-state index contributed by atoms with van der Waals surface area (Å²) in [6, 6.07) is 0. The van der Waals surface area contributed by atoms with Crippen molar-refractivity contribution < 1.29 is 9.53 Å². The summed E-state index contributed by atoms with van der Waals surface area (Å²) in [7, 11) is 0. The minimum absolute atomic E-state index is 0.0666. The zero-order valence-electron chi connectivity index (χ0n) is 15.0. The number of ketones is 1. The van der Waals surface area contributed by atoms with Crippen molar-refractivity contribution in [3.05, 3.63) is 12.7 Å². The third kappa shape index (κ3) is 2.06. The molecule has 0 radical (unpaired) electrons. The summed E-state index contributed by atoms with van der Waals surface area (Å²) >= 11 is 0. The van der Waals surface area contributed by atoms with Crippen LogP contribution in [0.15, 0.2) is 12.7 Å². The third-order valence-corrected chi connectivity index (χ3v) is 7.57. The Hall–Kier alpha value is -0.630. The monoisotopic (exact) mass is 304 g/mol. The number of fused-ring (bicyclic) bond motifs is 3. The van der Waals surface area contributed by atoms with Crippen molar-refractivity contribution in [2.75, 3.05) is 0 Å². The van der Waals surface area contributed by atoms with Gasteiger partial charge in [-0.2, -0.15) is 0 Å². The van der Waals surface area contributed by atoms with Gasteiger partial charge in [0, 0.05) is 11.8 Å². The van der Waals surface area contributed by atoms with E-state index >= 15 is 0 Å². The molecule has 2 aliphatic carbocycles. The van der Waals surface area contributed by atoms with Crippen LogP contribution >= 0.6 is 0 Å². The molecule has 0 unspecified atom stereocenters. The van der Waals surface area contributed by atoms with E-state index in [4.69, 9.17) is 4.74 Å². The first kappa shape index (κ1) is 16.2. The van der Waals surface area contributed by atoms with Crippen molar-refractivity contribution in [2.24, 2.45) is 22.7 Å². The lowest BCUT2D eigenvalue weighted by molar-refractivity contribution is -0.250. The van der Waals surface area contributed by atoms with Crippen LogP contribution in [0.1, 0.15) is 73.1 Å². The van der Waals surface area contributed by atoms with E-state index in [0.717, 1.165) is 32.1 Å². The Balaban J connectivity index is 1.97. The Morgan fingerprint density at radius 2 is 1.68 bits per heavy atom. The molecular formula is C20H32O2. The van der Waals surface area contributed by atoms with Crippen LogP contribution < -0.4 is 0 Å². The van der Waals surface area contributed by atoms with Gasteiger partial charge >= 0.3 is 0 Å². The number of carbonyl (C=O) groups is 1. The fourth-order valence-corrected chi connectivity index (χ4v) is 6.22. The van der Waals surface area contributed by atoms with Crippen LogP contribution in [0.3, 0.4) is 0 Å². The number of rotatable bonds is 1. The predicted molar refractivity (Wildman–Crippen MR) is 89.7 cm³/mol. The van der Waals surface area contributed by atoms with Gasteiger partial charge in [0.05, 0.1) is 11.2 Å². The van der Waals surface area contributed by atoms with Crippen LogP contribution in [0.4, 0.5) is 0 Å². The van der Waals surface area contributed by atoms with E-state index in [1.165, 1.54) is 6.42 Å².